The first kappa shape index (κ1) is 18.3. The highest BCUT2D eigenvalue weighted by atomic mass is 79.9. The monoisotopic (exact) mass is 391 g/mol. The summed E-state index contributed by atoms with van der Waals surface area (Å²) in [6.45, 7) is 4.09. The summed E-state index contributed by atoms with van der Waals surface area (Å²) in [4.78, 5) is 12.7. The third-order valence-corrected chi connectivity index (χ3v) is 4.68. The number of nitrogens with one attached hydrogen (secondary N) is 1. The molecule has 24 heavy (non-hydrogen) atoms. The lowest BCUT2D eigenvalue weighted by molar-refractivity contribution is 0.0935. The zero-order valence-corrected chi connectivity index (χ0v) is 15.9. The fraction of sp³-hybridized carbons (Fsp3) is 0.316. The van der Waals surface area contributed by atoms with E-state index in [0.717, 1.165) is 12.0 Å². The largest absolute Gasteiger partial charge is 0.495 e. The fourth-order valence-corrected chi connectivity index (χ4v) is 3.01. The van der Waals surface area contributed by atoms with E-state index in [2.05, 4.69) is 33.4 Å². The maximum absolute atomic E-state index is 12.7. The molecule has 0 aliphatic rings. The molecular formula is C19H22BrNO3. The number of halogens is 1. The van der Waals surface area contributed by atoms with E-state index in [4.69, 9.17) is 9.47 Å². The van der Waals surface area contributed by atoms with Gasteiger partial charge in [0, 0.05) is 5.56 Å². The smallest absolute Gasteiger partial charge is 0.252 e. The maximum Gasteiger partial charge on any atom is 0.252 e. The molecule has 2 aromatic carbocycles. The molecule has 0 aromatic heterocycles. The van der Waals surface area contributed by atoms with E-state index in [1.54, 1.807) is 26.4 Å². The van der Waals surface area contributed by atoms with Gasteiger partial charge in [-0.2, -0.15) is 0 Å². The SMILES string of the molecule is CC[C@@H](NC(=O)c1cc(OC)c(Br)c(OC)c1)c1ccc(C)cc1. The number of carbonyl (C=O) groups is 1. The van der Waals surface area contributed by atoms with Gasteiger partial charge >= 0.3 is 0 Å². The van der Waals surface area contributed by atoms with Gasteiger partial charge in [0.2, 0.25) is 0 Å². The van der Waals surface area contributed by atoms with E-state index < -0.39 is 0 Å². The molecule has 0 fully saturated rings. The third-order valence-electron chi connectivity index (χ3n) is 3.90. The van der Waals surface area contributed by atoms with Crippen molar-refractivity contribution >= 4 is 21.8 Å². The van der Waals surface area contributed by atoms with Crippen molar-refractivity contribution in [1.29, 1.82) is 0 Å². The van der Waals surface area contributed by atoms with E-state index in [-0.39, 0.29) is 11.9 Å². The van der Waals surface area contributed by atoms with Gasteiger partial charge in [-0.3, -0.25) is 4.79 Å². The van der Waals surface area contributed by atoms with Crippen molar-refractivity contribution in [1.82, 2.24) is 5.32 Å². The molecule has 0 bridgehead atoms. The van der Waals surface area contributed by atoms with Gasteiger partial charge < -0.3 is 14.8 Å². The van der Waals surface area contributed by atoms with E-state index in [0.29, 0.717) is 21.5 Å². The first-order valence-corrected chi connectivity index (χ1v) is 8.58. The molecule has 1 amide bonds. The van der Waals surface area contributed by atoms with Gasteiger partial charge in [-0.15, -0.1) is 0 Å². The van der Waals surface area contributed by atoms with Gasteiger partial charge in [-0.05, 0) is 47.0 Å². The topological polar surface area (TPSA) is 47.6 Å². The highest BCUT2D eigenvalue weighted by Gasteiger charge is 2.18. The van der Waals surface area contributed by atoms with Crippen molar-refractivity contribution in [2.24, 2.45) is 0 Å². The Morgan fingerprint density at radius 3 is 2.12 bits per heavy atom. The summed E-state index contributed by atoms with van der Waals surface area (Å²) in [7, 11) is 3.12. The van der Waals surface area contributed by atoms with Gasteiger partial charge in [0.05, 0.1) is 20.3 Å². The maximum atomic E-state index is 12.7. The van der Waals surface area contributed by atoms with Crippen molar-refractivity contribution in [3.8, 4) is 11.5 Å². The van der Waals surface area contributed by atoms with E-state index in [1.165, 1.54) is 5.56 Å². The van der Waals surface area contributed by atoms with Crippen molar-refractivity contribution < 1.29 is 14.3 Å². The Morgan fingerprint density at radius 1 is 1.12 bits per heavy atom. The summed E-state index contributed by atoms with van der Waals surface area (Å²) in [5.74, 6) is 0.956. The van der Waals surface area contributed by atoms with Crippen LogP contribution in [0.5, 0.6) is 11.5 Å². The molecule has 0 unspecified atom stereocenters. The van der Waals surface area contributed by atoms with Crippen LogP contribution in [0.15, 0.2) is 40.9 Å². The quantitative estimate of drug-likeness (QED) is 0.778. The summed E-state index contributed by atoms with van der Waals surface area (Å²) < 4.78 is 11.3. The predicted molar refractivity (Wildman–Crippen MR) is 98.9 cm³/mol. The van der Waals surface area contributed by atoms with E-state index >= 15 is 0 Å². The van der Waals surface area contributed by atoms with E-state index in [1.807, 2.05) is 26.0 Å². The lowest BCUT2D eigenvalue weighted by Crippen LogP contribution is -2.28. The Bertz CT molecular complexity index is 688. The molecule has 0 aliphatic carbocycles. The normalized spacial score (nSPS) is 11.7. The van der Waals surface area contributed by atoms with Crippen LogP contribution >= 0.6 is 15.9 Å². The molecule has 0 aliphatic heterocycles. The Hall–Kier alpha value is -2.01. The van der Waals surface area contributed by atoms with Crippen molar-refractivity contribution in [3.05, 3.63) is 57.6 Å². The molecule has 2 rings (SSSR count). The molecule has 2 aromatic rings. The minimum Gasteiger partial charge on any atom is -0.495 e. The number of amides is 1. The first-order valence-electron chi connectivity index (χ1n) is 7.79. The minimum absolute atomic E-state index is 0.0428. The molecule has 5 heteroatoms. The summed E-state index contributed by atoms with van der Waals surface area (Å²) in [5.41, 5.74) is 2.78. The second-order valence-corrected chi connectivity index (χ2v) is 6.33. The predicted octanol–water partition coefficient (Wildman–Crippen LogP) is 4.66. The standard InChI is InChI=1S/C19H22BrNO3/c1-5-15(13-8-6-12(2)7-9-13)21-19(22)14-10-16(23-3)18(20)17(11-14)24-4/h6-11,15H,5H2,1-4H3,(H,21,22)/t15-/m1/s1. The average molecular weight is 392 g/mol. The number of methoxy groups -OCH3 is 2. The number of carbonyl (C=O) groups excluding carboxylic acids is 1. The van der Waals surface area contributed by atoms with Gasteiger partial charge in [-0.1, -0.05) is 36.8 Å². The van der Waals surface area contributed by atoms with Crippen LogP contribution in [0, 0.1) is 6.92 Å². The van der Waals surface area contributed by atoms with Crippen LogP contribution < -0.4 is 14.8 Å². The number of rotatable bonds is 6. The molecule has 0 heterocycles. The van der Waals surface area contributed by atoms with Gasteiger partial charge in [0.15, 0.2) is 0 Å². The molecular weight excluding hydrogens is 370 g/mol. The molecule has 0 spiro atoms. The van der Waals surface area contributed by atoms with Gasteiger partial charge in [0.25, 0.3) is 5.91 Å². The molecule has 4 nitrogen and oxygen atoms in total. The minimum atomic E-state index is -0.161. The Balaban J connectivity index is 2.26. The second-order valence-electron chi connectivity index (χ2n) is 5.54. The number of benzene rings is 2. The van der Waals surface area contributed by atoms with Crippen LogP contribution in [0.1, 0.15) is 40.9 Å². The molecule has 0 saturated carbocycles. The molecule has 0 radical (unpaired) electrons. The first-order chi connectivity index (χ1) is 11.5. The molecule has 1 N–H and O–H groups in total. The van der Waals surface area contributed by atoms with Crippen LogP contribution in [-0.2, 0) is 0 Å². The van der Waals surface area contributed by atoms with Crippen LogP contribution in [0.2, 0.25) is 0 Å². The zero-order valence-electron chi connectivity index (χ0n) is 14.4. The number of hydrogen-bond acceptors (Lipinski definition) is 3. The van der Waals surface area contributed by atoms with Crippen LogP contribution in [0.3, 0.4) is 0 Å². The summed E-state index contributed by atoms with van der Waals surface area (Å²) in [6, 6.07) is 11.6. The van der Waals surface area contributed by atoms with Crippen LogP contribution in [-0.4, -0.2) is 20.1 Å². The lowest BCUT2D eigenvalue weighted by atomic mass is 10.0. The average Bonchev–Trinajstić information content (AvgIpc) is 2.60. The lowest BCUT2D eigenvalue weighted by Gasteiger charge is -2.18. The molecule has 128 valence electrons. The number of aryl methyl sites for hydroxylation is 1. The second kappa shape index (κ2) is 8.20. The number of hydrogen-bond donors (Lipinski definition) is 1. The van der Waals surface area contributed by atoms with Crippen LogP contribution in [0.4, 0.5) is 0 Å². The fourth-order valence-electron chi connectivity index (χ4n) is 2.46. The highest BCUT2D eigenvalue weighted by Crippen LogP contribution is 2.35. The van der Waals surface area contributed by atoms with Crippen LogP contribution in [0.25, 0.3) is 0 Å². The van der Waals surface area contributed by atoms with Crippen molar-refractivity contribution in [2.45, 2.75) is 26.3 Å². The molecule has 0 saturated heterocycles. The third kappa shape index (κ3) is 4.09. The highest BCUT2D eigenvalue weighted by molar-refractivity contribution is 9.10. The Kier molecular flexibility index (Phi) is 6.26. The van der Waals surface area contributed by atoms with Gasteiger partial charge in [0.1, 0.15) is 16.0 Å². The van der Waals surface area contributed by atoms with Crippen molar-refractivity contribution in [3.63, 3.8) is 0 Å². The zero-order chi connectivity index (χ0) is 17.7. The molecule has 1 atom stereocenters. The summed E-state index contributed by atoms with van der Waals surface area (Å²) in [5, 5.41) is 3.08. The number of ether oxygens (including phenoxy) is 2. The Labute approximate surface area is 151 Å². The van der Waals surface area contributed by atoms with Gasteiger partial charge in [-0.25, -0.2) is 0 Å². The Morgan fingerprint density at radius 2 is 1.67 bits per heavy atom. The summed E-state index contributed by atoms with van der Waals surface area (Å²) >= 11 is 3.41. The van der Waals surface area contributed by atoms with E-state index in [9.17, 15) is 4.79 Å². The summed E-state index contributed by atoms with van der Waals surface area (Å²) in [6.07, 6.45) is 0.805. The van der Waals surface area contributed by atoms with Crippen molar-refractivity contribution in [2.75, 3.05) is 14.2 Å².